The van der Waals surface area contributed by atoms with Crippen LogP contribution in [0.1, 0.15) is 24.6 Å². The summed E-state index contributed by atoms with van der Waals surface area (Å²) in [6.07, 6.45) is 2.21. The molecule has 1 heterocycles. The van der Waals surface area contributed by atoms with Crippen LogP contribution in [0.2, 0.25) is 0 Å². The van der Waals surface area contributed by atoms with Gasteiger partial charge in [0.05, 0.1) is 12.3 Å². The topological polar surface area (TPSA) is 55.2 Å². The Morgan fingerprint density at radius 3 is 2.39 bits per heavy atom. The van der Waals surface area contributed by atoms with Gasteiger partial charge in [0, 0.05) is 6.07 Å². The van der Waals surface area contributed by atoms with Gasteiger partial charge in [0.25, 0.3) is 0 Å². The first-order valence-electron chi connectivity index (χ1n) is 6.02. The normalized spacial score (nSPS) is 10.3. The van der Waals surface area contributed by atoms with Crippen LogP contribution in [0.5, 0.6) is 11.6 Å². The van der Waals surface area contributed by atoms with Crippen LogP contribution in [0.3, 0.4) is 0 Å². The largest absolute Gasteiger partial charge is 0.438 e. The fraction of sp³-hybridized carbons (Fsp3) is 0.286. The van der Waals surface area contributed by atoms with Crippen LogP contribution in [-0.4, -0.2) is 15.3 Å². The maximum atomic E-state index is 8.86. The summed E-state index contributed by atoms with van der Waals surface area (Å²) < 4.78 is 5.56. The molecule has 0 amide bonds. The number of rotatable bonds is 5. The molecule has 0 atom stereocenters. The van der Waals surface area contributed by atoms with Crippen LogP contribution in [0, 0.1) is 0 Å². The maximum Gasteiger partial charge on any atom is 0.238 e. The first kappa shape index (κ1) is 12.5. The quantitative estimate of drug-likeness (QED) is 0.878. The summed E-state index contributed by atoms with van der Waals surface area (Å²) in [5.41, 5.74) is 1.83. The summed E-state index contributed by atoms with van der Waals surface area (Å²) in [6, 6.07) is 11.3. The lowest BCUT2D eigenvalue weighted by atomic mass is 10.1. The van der Waals surface area contributed by atoms with Gasteiger partial charge in [-0.25, -0.2) is 0 Å². The molecule has 0 saturated heterocycles. The molecule has 0 unspecified atom stereocenters. The second-order valence-corrected chi connectivity index (χ2v) is 4.02. The van der Waals surface area contributed by atoms with E-state index in [2.05, 4.69) is 17.1 Å². The molecule has 0 aliphatic carbocycles. The minimum Gasteiger partial charge on any atom is -0.438 e. The van der Waals surface area contributed by atoms with E-state index in [1.54, 1.807) is 12.1 Å². The van der Waals surface area contributed by atoms with Crippen molar-refractivity contribution in [2.45, 2.75) is 26.4 Å². The number of benzene rings is 1. The van der Waals surface area contributed by atoms with Crippen LogP contribution in [0.25, 0.3) is 0 Å². The summed E-state index contributed by atoms with van der Waals surface area (Å²) >= 11 is 0. The van der Waals surface area contributed by atoms with Crippen LogP contribution in [-0.2, 0) is 13.0 Å². The van der Waals surface area contributed by atoms with Crippen LogP contribution in [0.15, 0.2) is 36.4 Å². The second kappa shape index (κ2) is 6.12. The summed E-state index contributed by atoms with van der Waals surface area (Å²) in [5.74, 6) is 1.16. The van der Waals surface area contributed by atoms with E-state index in [1.807, 2.05) is 24.3 Å². The molecule has 18 heavy (non-hydrogen) atoms. The van der Waals surface area contributed by atoms with Crippen molar-refractivity contribution in [2.75, 3.05) is 0 Å². The zero-order valence-corrected chi connectivity index (χ0v) is 10.3. The SMILES string of the molecule is CCCc1ccc(Oc2ccc(CO)nn2)cc1. The first-order chi connectivity index (χ1) is 8.81. The van der Waals surface area contributed by atoms with Crippen molar-refractivity contribution in [3.8, 4) is 11.6 Å². The van der Waals surface area contributed by atoms with E-state index >= 15 is 0 Å². The van der Waals surface area contributed by atoms with E-state index in [1.165, 1.54) is 5.56 Å². The Hall–Kier alpha value is -1.94. The molecule has 2 aromatic rings. The Balaban J connectivity index is 2.03. The van der Waals surface area contributed by atoms with Crippen molar-refractivity contribution in [3.05, 3.63) is 47.7 Å². The predicted molar refractivity (Wildman–Crippen MR) is 68.5 cm³/mol. The summed E-state index contributed by atoms with van der Waals surface area (Å²) in [4.78, 5) is 0. The average molecular weight is 244 g/mol. The highest BCUT2D eigenvalue weighted by Crippen LogP contribution is 2.19. The smallest absolute Gasteiger partial charge is 0.238 e. The van der Waals surface area contributed by atoms with Gasteiger partial charge >= 0.3 is 0 Å². The Bertz CT molecular complexity index is 480. The molecule has 4 heteroatoms. The molecule has 4 nitrogen and oxygen atoms in total. The van der Waals surface area contributed by atoms with Crippen molar-refractivity contribution >= 4 is 0 Å². The van der Waals surface area contributed by atoms with Crippen molar-refractivity contribution in [1.82, 2.24) is 10.2 Å². The number of aryl methyl sites for hydroxylation is 1. The van der Waals surface area contributed by atoms with E-state index in [4.69, 9.17) is 9.84 Å². The number of aliphatic hydroxyl groups excluding tert-OH is 1. The van der Waals surface area contributed by atoms with Crippen LogP contribution < -0.4 is 4.74 Å². The third-order valence-electron chi connectivity index (χ3n) is 2.54. The molecule has 0 aliphatic heterocycles. The predicted octanol–water partition coefficient (Wildman–Crippen LogP) is 2.71. The Morgan fingerprint density at radius 1 is 1.06 bits per heavy atom. The lowest BCUT2D eigenvalue weighted by Crippen LogP contribution is -1.95. The number of nitrogens with zero attached hydrogens (tertiary/aromatic N) is 2. The van der Waals surface area contributed by atoms with Gasteiger partial charge in [0.15, 0.2) is 0 Å². The van der Waals surface area contributed by atoms with Gasteiger partial charge in [-0.1, -0.05) is 25.5 Å². The van der Waals surface area contributed by atoms with Crippen LogP contribution >= 0.6 is 0 Å². The Morgan fingerprint density at radius 2 is 1.83 bits per heavy atom. The third-order valence-corrected chi connectivity index (χ3v) is 2.54. The number of hydrogen-bond donors (Lipinski definition) is 1. The fourth-order valence-corrected chi connectivity index (χ4v) is 1.62. The molecule has 0 fully saturated rings. The highest BCUT2D eigenvalue weighted by Gasteiger charge is 2.00. The molecular weight excluding hydrogens is 228 g/mol. The maximum absolute atomic E-state index is 8.86. The van der Waals surface area contributed by atoms with Gasteiger partial charge in [-0.05, 0) is 30.2 Å². The minimum atomic E-state index is -0.112. The van der Waals surface area contributed by atoms with Gasteiger partial charge in [0.2, 0.25) is 5.88 Å². The number of ether oxygens (including phenoxy) is 1. The standard InChI is InChI=1S/C14H16N2O2/c1-2-3-11-4-7-13(8-5-11)18-14-9-6-12(10-17)15-16-14/h4-9,17H,2-3,10H2,1H3. The molecule has 0 spiro atoms. The Labute approximate surface area is 106 Å². The summed E-state index contributed by atoms with van der Waals surface area (Å²) in [7, 11) is 0. The second-order valence-electron chi connectivity index (χ2n) is 4.02. The molecule has 1 N–H and O–H groups in total. The van der Waals surface area contributed by atoms with Crippen molar-refractivity contribution in [1.29, 1.82) is 0 Å². The zero-order chi connectivity index (χ0) is 12.8. The molecule has 0 bridgehead atoms. The molecule has 0 saturated carbocycles. The van der Waals surface area contributed by atoms with Crippen molar-refractivity contribution in [3.63, 3.8) is 0 Å². The van der Waals surface area contributed by atoms with E-state index in [0.717, 1.165) is 18.6 Å². The fourth-order valence-electron chi connectivity index (χ4n) is 1.62. The van der Waals surface area contributed by atoms with E-state index in [-0.39, 0.29) is 6.61 Å². The lowest BCUT2D eigenvalue weighted by Gasteiger charge is -2.05. The highest BCUT2D eigenvalue weighted by atomic mass is 16.5. The van der Waals surface area contributed by atoms with Gasteiger partial charge in [0.1, 0.15) is 5.75 Å². The van der Waals surface area contributed by atoms with E-state index in [9.17, 15) is 0 Å². The monoisotopic (exact) mass is 244 g/mol. The Kier molecular flexibility index (Phi) is 4.25. The van der Waals surface area contributed by atoms with Crippen molar-refractivity contribution in [2.24, 2.45) is 0 Å². The summed E-state index contributed by atoms with van der Waals surface area (Å²) in [6.45, 7) is 2.04. The molecule has 1 aromatic carbocycles. The van der Waals surface area contributed by atoms with Gasteiger partial charge in [-0.2, -0.15) is 0 Å². The molecule has 1 aromatic heterocycles. The van der Waals surface area contributed by atoms with Crippen LogP contribution in [0.4, 0.5) is 0 Å². The number of aromatic nitrogens is 2. The summed E-state index contributed by atoms with van der Waals surface area (Å²) in [5, 5.41) is 16.5. The number of aliphatic hydroxyl groups is 1. The van der Waals surface area contributed by atoms with E-state index < -0.39 is 0 Å². The van der Waals surface area contributed by atoms with Gasteiger partial charge < -0.3 is 9.84 Å². The first-order valence-corrected chi connectivity index (χ1v) is 6.02. The van der Waals surface area contributed by atoms with E-state index in [0.29, 0.717) is 11.6 Å². The molecule has 0 aliphatic rings. The molecule has 2 rings (SSSR count). The average Bonchev–Trinajstić information content (AvgIpc) is 2.42. The van der Waals surface area contributed by atoms with Gasteiger partial charge in [-0.3, -0.25) is 0 Å². The third kappa shape index (κ3) is 3.28. The highest BCUT2D eigenvalue weighted by molar-refractivity contribution is 5.30. The number of hydrogen-bond acceptors (Lipinski definition) is 4. The molecular formula is C14H16N2O2. The minimum absolute atomic E-state index is 0.112. The van der Waals surface area contributed by atoms with Gasteiger partial charge in [-0.15, -0.1) is 10.2 Å². The van der Waals surface area contributed by atoms with Crippen molar-refractivity contribution < 1.29 is 9.84 Å². The molecule has 0 radical (unpaired) electrons. The molecule has 94 valence electrons. The zero-order valence-electron chi connectivity index (χ0n) is 10.3. The lowest BCUT2D eigenvalue weighted by molar-refractivity contribution is 0.274.